The van der Waals surface area contributed by atoms with Crippen molar-refractivity contribution in [2.75, 3.05) is 5.43 Å². The molecule has 0 amide bonds. The number of pyridine rings is 1. The van der Waals surface area contributed by atoms with Crippen LogP contribution in [0.25, 0.3) is 6.08 Å². The predicted octanol–water partition coefficient (Wildman–Crippen LogP) is 3.93. The summed E-state index contributed by atoms with van der Waals surface area (Å²) in [5.41, 5.74) is 1.92. The van der Waals surface area contributed by atoms with Gasteiger partial charge in [-0.3, -0.25) is 5.43 Å². The number of alkyl halides is 3. The second kappa shape index (κ2) is 7.46. The number of rotatable bonds is 5. The van der Waals surface area contributed by atoms with Crippen LogP contribution in [-0.2, 0) is 6.18 Å². The molecule has 10 heteroatoms. The summed E-state index contributed by atoms with van der Waals surface area (Å²) in [6.45, 7) is 3.30. The fraction of sp³-hybridized carbons (Fsp3) is 0.312. The maximum atomic E-state index is 12.7. The number of hydrogen-bond acceptors (Lipinski definition) is 5. The Bertz CT molecular complexity index is 834. The molecule has 6 nitrogen and oxygen atoms in total. The molecule has 0 bridgehead atoms. The molecule has 0 aliphatic heterocycles. The molecule has 2 aromatic rings. The Kier molecular flexibility index (Phi) is 5.72. The van der Waals surface area contributed by atoms with Crippen LogP contribution in [0.4, 0.5) is 19.0 Å². The number of anilines is 1. The summed E-state index contributed by atoms with van der Waals surface area (Å²) in [4.78, 5) is 3.58. The van der Waals surface area contributed by atoms with Gasteiger partial charge in [-0.2, -0.15) is 17.8 Å². The van der Waals surface area contributed by atoms with E-state index in [1.54, 1.807) is 6.92 Å². The average molecular weight is 392 g/mol. The van der Waals surface area contributed by atoms with Gasteiger partial charge < -0.3 is 15.3 Å². The van der Waals surface area contributed by atoms with Crippen LogP contribution in [0.15, 0.2) is 18.2 Å². The fourth-order valence-electron chi connectivity index (χ4n) is 2.15. The SMILES string of the molecule is CCC(O)C=Cc1c(C)c(O)n(Nc2ccc(C(F)(F)F)c(Cl)n2)c1O. The molecule has 0 saturated heterocycles. The van der Waals surface area contributed by atoms with E-state index in [4.69, 9.17) is 11.6 Å². The minimum absolute atomic E-state index is 0.118. The van der Waals surface area contributed by atoms with Gasteiger partial charge in [-0.1, -0.05) is 30.7 Å². The second-order valence-electron chi connectivity index (χ2n) is 5.50. The lowest BCUT2D eigenvalue weighted by Crippen LogP contribution is -2.12. The number of halogens is 4. The molecular formula is C16H17ClF3N3O3. The number of aliphatic hydroxyl groups excluding tert-OH is 1. The monoisotopic (exact) mass is 391 g/mol. The molecule has 0 aliphatic rings. The van der Waals surface area contributed by atoms with Gasteiger partial charge >= 0.3 is 6.18 Å². The molecule has 1 unspecified atom stereocenters. The zero-order valence-electron chi connectivity index (χ0n) is 13.8. The van der Waals surface area contributed by atoms with Crippen molar-refractivity contribution >= 4 is 23.5 Å². The van der Waals surface area contributed by atoms with Crippen molar-refractivity contribution in [2.45, 2.75) is 32.5 Å². The van der Waals surface area contributed by atoms with Crippen molar-refractivity contribution in [3.8, 4) is 11.8 Å². The first kappa shape index (κ1) is 19.9. The van der Waals surface area contributed by atoms with E-state index < -0.39 is 28.9 Å². The Morgan fingerprint density at radius 2 is 1.96 bits per heavy atom. The normalized spacial score (nSPS) is 13.3. The third kappa shape index (κ3) is 4.05. The molecule has 2 rings (SSSR count). The van der Waals surface area contributed by atoms with Gasteiger partial charge in [-0.05, 0) is 25.5 Å². The smallest absolute Gasteiger partial charge is 0.419 e. The molecule has 142 valence electrons. The minimum Gasteiger partial charge on any atom is -0.493 e. The first-order valence-corrected chi connectivity index (χ1v) is 7.94. The van der Waals surface area contributed by atoms with Gasteiger partial charge in [-0.15, -0.1) is 0 Å². The topological polar surface area (TPSA) is 90.5 Å². The Morgan fingerprint density at radius 1 is 1.31 bits per heavy atom. The van der Waals surface area contributed by atoms with Crippen molar-refractivity contribution in [2.24, 2.45) is 0 Å². The summed E-state index contributed by atoms with van der Waals surface area (Å²) in [5, 5.41) is 29.2. The quantitative estimate of drug-likeness (QED) is 0.580. The first-order valence-electron chi connectivity index (χ1n) is 7.56. The van der Waals surface area contributed by atoms with E-state index in [-0.39, 0.29) is 17.3 Å². The van der Waals surface area contributed by atoms with Crippen molar-refractivity contribution < 1.29 is 28.5 Å². The second-order valence-corrected chi connectivity index (χ2v) is 5.86. The molecule has 1 atom stereocenters. The molecule has 4 N–H and O–H groups in total. The molecule has 0 radical (unpaired) electrons. The molecule has 2 heterocycles. The highest BCUT2D eigenvalue weighted by Gasteiger charge is 2.34. The van der Waals surface area contributed by atoms with Crippen LogP contribution in [0, 0.1) is 6.92 Å². The summed E-state index contributed by atoms with van der Waals surface area (Å²) in [5.74, 6) is -0.893. The van der Waals surface area contributed by atoms with E-state index in [0.29, 0.717) is 12.0 Å². The summed E-state index contributed by atoms with van der Waals surface area (Å²) in [7, 11) is 0. The van der Waals surface area contributed by atoms with Crippen molar-refractivity contribution in [3.63, 3.8) is 0 Å². The highest BCUT2D eigenvalue weighted by Crippen LogP contribution is 2.36. The van der Waals surface area contributed by atoms with Crippen LogP contribution in [-0.4, -0.2) is 31.1 Å². The van der Waals surface area contributed by atoms with Crippen LogP contribution in [0.5, 0.6) is 11.8 Å². The Morgan fingerprint density at radius 3 is 2.50 bits per heavy atom. The van der Waals surface area contributed by atoms with E-state index in [9.17, 15) is 28.5 Å². The highest BCUT2D eigenvalue weighted by molar-refractivity contribution is 6.30. The summed E-state index contributed by atoms with van der Waals surface area (Å²) >= 11 is 5.55. The van der Waals surface area contributed by atoms with Gasteiger partial charge in [0.15, 0.2) is 0 Å². The lowest BCUT2D eigenvalue weighted by Gasteiger charge is -2.12. The molecular weight excluding hydrogens is 375 g/mol. The number of aromatic hydroxyl groups is 2. The lowest BCUT2D eigenvalue weighted by atomic mass is 10.1. The fourth-order valence-corrected chi connectivity index (χ4v) is 2.41. The van der Waals surface area contributed by atoms with Crippen molar-refractivity contribution in [1.82, 2.24) is 9.66 Å². The van der Waals surface area contributed by atoms with E-state index in [2.05, 4.69) is 10.4 Å². The van der Waals surface area contributed by atoms with Gasteiger partial charge in [-0.25, -0.2) is 4.98 Å². The van der Waals surface area contributed by atoms with Gasteiger partial charge in [0, 0.05) is 11.1 Å². The first-order chi connectivity index (χ1) is 12.1. The maximum absolute atomic E-state index is 12.7. The number of nitrogens with zero attached hydrogens (tertiary/aromatic N) is 2. The largest absolute Gasteiger partial charge is 0.493 e. The van der Waals surface area contributed by atoms with Gasteiger partial charge in [0.25, 0.3) is 0 Å². The van der Waals surface area contributed by atoms with Crippen LogP contribution in [0.2, 0.25) is 5.15 Å². The highest BCUT2D eigenvalue weighted by atomic mass is 35.5. The zero-order chi connectivity index (χ0) is 19.6. The van der Waals surface area contributed by atoms with Gasteiger partial charge in [0.2, 0.25) is 11.8 Å². The summed E-state index contributed by atoms with van der Waals surface area (Å²) in [6.07, 6.45) is -2.02. The third-order valence-corrected chi connectivity index (χ3v) is 3.98. The number of nitrogens with one attached hydrogen (secondary N) is 1. The molecule has 2 aromatic heterocycles. The van der Waals surface area contributed by atoms with Crippen LogP contribution >= 0.6 is 11.6 Å². The summed E-state index contributed by atoms with van der Waals surface area (Å²) in [6, 6.07) is 1.75. The van der Waals surface area contributed by atoms with Gasteiger partial charge in [0.1, 0.15) is 11.0 Å². The predicted molar refractivity (Wildman–Crippen MR) is 91.1 cm³/mol. The molecule has 0 saturated carbocycles. The average Bonchev–Trinajstić information content (AvgIpc) is 2.75. The van der Waals surface area contributed by atoms with Crippen LogP contribution in [0.3, 0.4) is 0 Å². The number of hydrogen-bond donors (Lipinski definition) is 4. The van der Waals surface area contributed by atoms with Crippen LogP contribution < -0.4 is 5.43 Å². The number of aliphatic hydroxyl groups is 1. The van der Waals surface area contributed by atoms with Crippen LogP contribution in [0.1, 0.15) is 30.0 Å². The van der Waals surface area contributed by atoms with E-state index in [0.717, 1.165) is 16.8 Å². The Balaban J connectivity index is 2.36. The number of aromatic nitrogens is 2. The molecule has 0 fully saturated rings. The lowest BCUT2D eigenvalue weighted by molar-refractivity contribution is -0.137. The van der Waals surface area contributed by atoms with Gasteiger partial charge in [0.05, 0.1) is 11.7 Å². The van der Waals surface area contributed by atoms with E-state index >= 15 is 0 Å². The summed E-state index contributed by atoms with van der Waals surface area (Å²) < 4.78 is 39.0. The van der Waals surface area contributed by atoms with Crippen molar-refractivity contribution in [3.05, 3.63) is 40.1 Å². The zero-order valence-corrected chi connectivity index (χ0v) is 14.6. The molecule has 0 aliphatic carbocycles. The Hall–Kier alpha value is -2.39. The molecule has 0 spiro atoms. The Labute approximate surface area is 152 Å². The molecule has 0 aromatic carbocycles. The van der Waals surface area contributed by atoms with E-state index in [1.807, 2.05) is 0 Å². The van der Waals surface area contributed by atoms with Crippen molar-refractivity contribution in [1.29, 1.82) is 0 Å². The minimum atomic E-state index is -4.64. The molecule has 26 heavy (non-hydrogen) atoms. The standard InChI is InChI=1S/C16H17ClF3N3O3/c1-3-9(24)4-5-10-8(2)14(25)23(15(10)26)22-12-7-6-11(13(17)21-12)16(18,19)20/h4-7,9,24-26H,3H2,1-2H3,(H,21,22). The third-order valence-electron chi connectivity index (χ3n) is 3.69. The van der Waals surface area contributed by atoms with E-state index in [1.165, 1.54) is 19.1 Å². The maximum Gasteiger partial charge on any atom is 0.419 e.